The SMILES string of the molecule is C=C(C)C(=O)OCC12C=CC(=C3C(=O)N(CCCOP(=O)(O)O)C(=O)C31)O2. The van der Waals surface area contributed by atoms with Gasteiger partial charge in [0.25, 0.3) is 5.91 Å². The van der Waals surface area contributed by atoms with Crippen LogP contribution in [0.4, 0.5) is 0 Å². The summed E-state index contributed by atoms with van der Waals surface area (Å²) in [7, 11) is -4.61. The van der Waals surface area contributed by atoms with Crippen LogP contribution in [0.1, 0.15) is 13.3 Å². The second kappa shape index (κ2) is 6.72. The zero-order valence-electron chi connectivity index (χ0n) is 14.4. The summed E-state index contributed by atoms with van der Waals surface area (Å²) in [6, 6.07) is 0. The topological polar surface area (TPSA) is 140 Å². The summed E-state index contributed by atoms with van der Waals surface area (Å²) in [6.07, 6.45) is 3.21. The van der Waals surface area contributed by atoms with E-state index >= 15 is 0 Å². The third-order valence-electron chi connectivity index (χ3n) is 4.41. The van der Waals surface area contributed by atoms with E-state index in [2.05, 4.69) is 11.1 Å². The first-order chi connectivity index (χ1) is 12.6. The summed E-state index contributed by atoms with van der Waals surface area (Å²) in [6.45, 7) is 4.35. The molecular weight excluding hydrogens is 381 g/mol. The number of fused-ring (bicyclic) bond motifs is 4. The molecule has 1 fully saturated rings. The van der Waals surface area contributed by atoms with Crippen molar-refractivity contribution in [1.29, 1.82) is 0 Å². The summed E-state index contributed by atoms with van der Waals surface area (Å²) in [4.78, 5) is 55.3. The van der Waals surface area contributed by atoms with Crippen LogP contribution in [-0.2, 0) is 32.9 Å². The van der Waals surface area contributed by atoms with Crippen LogP contribution >= 0.6 is 7.82 Å². The minimum atomic E-state index is -4.61. The molecular formula is C16H18NO9P. The molecule has 3 aliphatic rings. The summed E-state index contributed by atoms with van der Waals surface area (Å²) < 4.78 is 25.8. The Kier molecular flexibility index (Phi) is 4.85. The lowest BCUT2D eigenvalue weighted by Crippen LogP contribution is -2.44. The van der Waals surface area contributed by atoms with Crippen molar-refractivity contribution >= 4 is 25.6 Å². The molecule has 3 rings (SSSR count). The Morgan fingerprint density at radius 2 is 2.15 bits per heavy atom. The van der Waals surface area contributed by atoms with E-state index < -0.39 is 37.1 Å². The van der Waals surface area contributed by atoms with Crippen molar-refractivity contribution in [1.82, 2.24) is 4.90 Å². The molecule has 0 aliphatic carbocycles. The average Bonchev–Trinajstić information content (AvgIpc) is 3.20. The molecule has 10 nitrogen and oxygen atoms in total. The number of hydrogen-bond donors (Lipinski definition) is 2. The van der Waals surface area contributed by atoms with Crippen LogP contribution < -0.4 is 0 Å². The quantitative estimate of drug-likeness (QED) is 0.192. The predicted molar refractivity (Wildman–Crippen MR) is 88.6 cm³/mol. The smallest absolute Gasteiger partial charge is 0.469 e. The van der Waals surface area contributed by atoms with Crippen molar-refractivity contribution in [2.24, 2.45) is 5.92 Å². The Balaban J connectivity index is 1.70. The van der Waals surface area contributed by atoms with Crippen LogP contribution in [0.25, 0.3) is 0 Å². The Bertz CT molecular complexity index is 839. The molecule has 2 bridgehead atoms. The van der Waals surface area contributed by atoms with Gasteiger partial charge in [0, 0.05) is 12.1 Å². The molecule has 2 amide bonds. The summed E-state index contributed by atoms with van der Waals surface area (Å²) >= 11 is 0. The molecule has 11 heteroatoms. The fraction of sp³-hybridized carbons (Fsp3) is 0.438. The zero-order valence-corrected chi connectivity index (χ0v) is 15.3. The highest BCUT2D eigenvalue weighted by atomic mass is 31.2. The minimum Gasteiger partial charge on any atom is -0.478 e. The van der Waals surface area contributed by atoms with Gasteiger partial charge in [-0.25, -0.2) is 9.36 Å². The van der Waals surface area contributed by atoms with Crippen LogP contribution in [-0.4, -0.2) is 57.8 Å². The van der Waals surface area contributed by atoms with Crippen molar-refractivity contribution < 1.29 is 42.7 Å². The molecule has 0 radical (unpaired) electrons. The van der Waals surface area contributed by atoms with Crippen molar-refractivity contribution in [3.8, 4) is 0 Å². The van der Waals surface area contributed by atoms with E-state index in [1.165, 1.54) is 6.92 Å². The first kappa shape index (κ1) is 19.5. The number of ether oxygens (including phenoxy) is 2. The second-order valence-corrected chi connectivity index (χ2v) is 7.67. The molecule has 0 aromatic heterocycles. The van der Waals surface area contributed by atoms with Gasteiger partial charge in [-0.2, -0.15) is 0 Å². The lowest BCUT2D eigenvalue weighted by molar-refractivity contribution is -0.151. The molecule has 146 valence electrons. The standard InChI is InChI=1S/C16H18NO9P/c1-9(2)15(20)24-8-16-5-4-10(26-16)11-12(16)14(19)17(13(11)18)6-3-7-25-27(21,22)23/h4-5,12H,1,3,6-8H2,2H3,(H2,21,22,23). The molecule has 3 aliphatic heterocycles. The van der Waals surface area contributed by atoms with Gasteiger partial charge in [-0.3, -0.25) is 19.0 Å². The number of likely N-dealkylation sites (tertiary alicyclic amines) is 1. The second-order valence-electron chi connectivity index (χ2n) is 6.43. The fourth-order valence-electron chi connectivity index (χ4n) is 3.22. The number of imide groups is 1. The molecule has 0 aromatic carbocycles. The monoisotopic (exact) mass is 399 g/mol. The van der Waals surface area contributed by atoms with Gasteiger partial charge in [0.15, 0.2) is 5.60 Å². The number of phosphoric acid groups is 1. The van der Waals surface area contributed by atoms with Crippen molar-refractivity contribution in [3.63, 3.8) is 0 Å². The Labute approximate surface area is 154 Å². The Hall–Kier alpha value is -2.26. The maximum absolute atomic E-state index is 12.8. The molecule has 3 heterocycles. The first-order valence-electron chi connectivity index (χ1n) is 8.06. The van der Waals surface area contributed by atoms with Gasteiger partial charge in [-0.05, 0) is 25.5 Å². The van der Waals surface area contributed by atoms with Gasteiger partial charge in [-0.1, -0.05) is 6.58 Å². The number of rotatable bonds is 8. The van der Waals surface area contributed by atoms with Gasteiger partial charge in [0.2, 0.25) is 5.91 Å². The number of amides is 2. The van der Waals surface area contributed by atoms with E-state index in [1.54, 1.807) is 12.2 Å². The summed E-state index contributed by atoms with van der Waals surface area (Å²) in [5, 5.41) is 0. The van der Waals surface area contributed by atoms with E-state index in [9.17, 15) is 18.9 Å². The van der Waals surface area contributed by atoms with Gasteiger partial charge in [-0.15, -0.1) is 0 Å². The minimum absolute atomic E-state index is 0.0594. The maximum Gasteiger partial charge on any atom is 0.469 e. The highest BCUT2D eigenvalue weighted by molar-refractivity contribution is 7.46. The zero-order chi connectivity index (χ0) is 20.0. The van der Waals surface area contributed by atoms with Crippen LogP contribution in [0.2, 0.25) is 0 Å². The summed E-state index contributed by atoms with van der Waals surface area (Å²) in [5.41, 5.74) is -0.871. The molecule has 0 aromatic rings. The Morgan fingerprint density at radius 1 is 1.44 bits per heavy atom. The van der Waals surface area contributed by atoms with E-state index in [0.29, 0.717) is 0 Å². The third kappa shape index (κ3) is 3.49. The third-order valence-corrected chi connectivity index (χ3v) is 4.93. The largest absolute Gasteiger partial charge is 0.478 e. The number of nitrogens with zero attached hydrogens (tertiary/aromatic N) is 1. The van der Waals surface area contributed by atoms with Crippen LogP contribution in [0, 0.1) is 5.92 Å². The molecule has 1 saturated heterocycles. The van der Waals surface area contributed by atoms with Gasteiger partial charge >= 0.3 is 13.8 Å². The number of carbonyl (C=O) groups is 3. The van der Waals surface area contributed by atoms with Crippen LogP contribution in [0.5, 0.6) is 0 Å². The fourth-order valence-corrected chi connectivity index (χ4v) is 3.59. The number of carbonyl (C=O) groups excluding carboxylic acids is 3. The van der Waals surface area contributed by atoms with E-state index in [-0.39, 0.29) is 43.1 Å². The highest BCUT2D eigenvalue weighted by Crippen LogP contribution is 2.50. The van der Waals surface area contributed by atoms with Crippen LogP contribution in [0.15, 0.2) is 35.6 Å². The number of hydrogen-bond acceptors (Lipinski definition) is 7. The molecule has 0 spiro atoms. The summed E-state index contributed by atoms with van der Waals surface area (Å²) in [5.74, 6) is -2.35. The van der Waals surface area contributed by atoms with Gasteiger partial charge < -0.3 is 19.3 Å². The van der Waals surface area contributed by atoms with Crippen molar-refractivity contribution in [2.45, 2.75) is 18.9 Å². The van der Waals surface area contributed by atoms with Gasteiger partial charge in [0.05, 0.1) is 12.2 Å². The Morgan fingerprint density at radius 3 is 2.78 bits per heavy atom. The average molecular weight is 399 g/mol. The number of esters is 1. The number of allylic oxidation sites excluding steroid dienone is 1. The van der Waals surface area contributed by atoms with Crippen molar-refractivity contribution in [2.75, 3.05) is 19.8 Å². The van der Waals surface area contributed by atoms with E-state index in [1.807, 2.05) is 0 Å². The van der Waals surface area contributed by atoms with Crippen molar-refractivity contribution in [3.05, 3.63) is 35.6 Å². The first-order valence-corrected chi connectivity index (χ1v) is 9.59. The number of phosphoric ester groups is 1. The van der Waals surface area contributed by atoms with E-state index in [4.69, 9.17) is 19.3 Å². The van der Waals surface area contributed by atoms with Gasteiger partial charge in [0.1, 0.15) is 18.3 Å². The predicted octanol–water partition coefficient (Wildman–Crippen LogP) is 0.183. The lowest BCUT2D eigenvalue weighted by Gasteiger charge is -2.28. The molecule has 2 N–H and O–H groups in total. The van der Waals surface area contributed by atoms with E-state index in [0.717, 1.165) is 4.90 Å². The lowest BCUT2D eigenvalue weighted by atomic mass is 9.82. The molecule has 2 unspecified atom stereocenters. The molecule has 0 saturated carbocycles. The molecule has 27 heavy (non-hydrogen) atoms. The maximum atomic E-state index is 12.8. The normalized spacial score (nSPS) is 25.9. The highest BCUT2D eigenvalue weighted by Gasteiger charge is 2.63. The molecule has 2 atom stereocenters. The van der Waals surface area contributed by atoms with Crippen LogP contribution in [0.3, 0.4) is 0 Å².